The van der Waals surface area contributed by atoms with Crippen molar-refractivity contribution in [1.82, 2.24) is 0 Å². The lowest BCUT2D eigenvalue weighted by Crippen LogP contribution is -2.21. The molecule has 4 nitrogen and oxygen atoms in total. The van der Waals surface area contributed by atoms with Crippen LogP contribution in [0.1, 0.15) is 19.4 Å². The van der Waals surface area contributed by atoms with Crippen molar-refractivity contribution in [3.8, 4) is 6.07 Å². The van der Waals surface area contributed by atoms with Gasteiger partial charge in [-0.1, -0.05) is 24.3 Å². The van der Waals surface area contributed by atoms with Gasteiger partial charge in [-0.3, -0.25) is 4.79 Å². The van der Waals surface area contributed by atoms with Gasteiger partial charge in [0.15, 0.2) is 0 Å². The minimum atomic E-state index is -0.639. The summed E-state index contributed by atoms with van der Waals surface area (Å²) in [7, 11) is 0. The second-order valence-electron chi connectivity index (χ2n) is 5.37. The lowest BCUT2D eigenvalue weighted by atomic mass is 10.1. The van der Waals surface area contributed by atoms with E-state index in [0.717, 1.165) is 24.3 Å². The number of hydrogen-bond acceptors (Lipinski definition) is 3. The molecule has 0 aliphatic heterocycles. The number of halogens is 1. The predicted molar refractivity (Wildman–Crippen MR) is 98.6 cm³/mol. The third kappa shape index (κ3) is 4.67. The average Bonchev–Trinajstić information content (AvgIpc) is 2.63. The fourth-order valence-corrected chi connectivity index (χ4v) is 2.44. The smallest absolute Gasteiger partial charge is 0.266 e. The number of carbonyl (C=O) groups is 1. The van der Waals surface area contributed by atoms with E-state index in [1.54, 1.807) is 6.07 Å². The van der Waals surface area contributed by atoms with Gasteiger partial charge in [0.25, 0.3) is 5.91 Å². The van der Waals surface area contributed by atoms with Crippen LogP contribution in [0.3, 0.4) is 0 Å². The first-order valence-electron chi connectivity index (χ1n) is 8.11. The summed E-state index contributed by atoms with van der Waals surface area (Å²) in [5, 5.41) is 11.7. The molecular formula is C20H20FN3O. The van der Waals surface area contributed by atoms with Crippen LogP contribution in [0.15, 0.2) is 54.1 Å². The van der Waals surface area contributed by atoms with Crippen LogP contribution < -0.4 is 10.2 Å². The number of benzene rings is 2. The molecule has 0 spiro atoms. The van der Waals surface area contributed by atoms with Crippen LogP contribution in [0.5, 0.6) is 0 Å². The molecule has 25 heavy (non-hydrogen) atoms. The van der Waals surface area contributed by atoms with E-state index in [-0.39, 0.29) is 11.3 Å². The molecule has 0 aliphatic rings. The Balaban J connectivity index is 2.18. The van der Waals surface area contributed by atoms with Crippen molar-refractivity contribution in [1.29, 1.82) is 5.26 Å². The zero-order chi connectivity index (χ0) is 18.2. The molecule has 0 fully saturated rings. The molecule has 128 valence electrons. The molecule has 2 aromatic carbocycles. The Morgan fingerprint density at radius 1 is 1.16 bits per heavy atom. The monoisotopic (exact) mass is 337 g/mol. The summed E-state index contributed by atoms with van der Waals surface area (Å²) in [4.78, 5) is 14.4. The van der Waals surface area contributed by atoms with E-state index in [9.17, 15) is 14.4 Å². The van der Waals surface area contributed by atoms with Crippen LogP contribution in [-0.4, -0.2) is 19.0 Å². The van der Waals surface area contributed by atoms with Crippen LogP contribution in [0.25, 0.3) is 6.08 Å². The van der Waals surface area contributed by atoms with Gasteiger partial charge in [0.05, 0.1) is 5.69 Å². The first kappa shape index (κ1) is 18.2. The Labute approximate surface area is 147 Å². The lowest BCUT2D eigenvalue weighted by Gasteiger charge is -2.20. The van der Waals surface area contributed by atoms with E-state index in [4.69, 9.17) is 0 Å². The summed E-state index contributed by atoms with van der Waals surface area (Å²) in [6.45, 7) is 5.97. The van der Waals surface area contributed by atoms with E-state index in [2.05, 4.69) is 24.1 Å². The summed E-state index contributed by atoms with van der Waals surface area (Å²) in [6.07, 6.45) is 1.49. The molecule has 2 aromatic rings. The molecule has 0 heterocycles. The maximum Gasteiger partial charge on any atom is 0.266 e. The molecule has 0 saturated heterocycles. The standard InChI is InChI=1S/C20H20FN3O/c1-3-24(4-2)17-11-9-15(10-12-17)13-16(14-22)20(25)23-19-8-6-5-7-18(19)21/h5-13H,3-4H2,1-2H3,(H,23,25)/b16-13+. The summed E-state index contributed by atoms with van der Waals surface area (Å²) in [5.41, 5.74) is 1.77. The number of nitriles is 1. The highest BCUT2D eigenvalue weighted by atomic mass is 19.1. The van der Waals surface area contributed by atoms with Crippen molar-refractivity contribution < 1.29 is 9.18 Å². The summed E-state index contributed by atoms with van der Waals surface area (Å²) < 4.78 is 13.6. The van der Waals surface area contributed by atoms with E-state index < -0.39 is 11.7 Å². The number of anilines is 2. The number of rotatable bonds is 6. The Hall–Kier alpha value is -3.13. The van der Waals surface area contributed by atoms with Gasteiger partial charge in [0.1, 0.15) is 17.5 Å². The molecule has 0 radical (unpaired) electrons. The van der Waals surface area contributed by atoms with Crippen molar-refractivity contribution in [3.63, 3.8) is 0 Å². The van der Waals surface area contributed by atoms with Crippen LogP contribution >= 0.6 is 0 Å². The lowest BCUT2D eigenvalue weighted by molar-refractivity contribution is -0.112. The maximum atomic E-state index is 13.6. The van der Waals surface area contributed by atoms with Gasteiger partial charge in [-0.05, 0) is 49.8 Å². The first-order chi connectivity index (χ1) is 12.1. The van der Waals surface area contributed by atoms with Crippen LogP contribution in [0, 0.1) is 17.1 Å². The van der Waals surface area contributed by atoms with Gasteiger partial charge in [-0.15, -0.1) is 0 Å². The van der Waals surface area contributed by atoms with E-state index in [1.165, 1.54) is 24.3 Å². The normalized spacial score (nSPS) is 10.9. The van der Waals surface area contributed by atoms with Crippen molar-refractivity contribution in [3.05, 3.63) is 65.5 Å². The zero-order valence-corrected chi connectivity index (χ0v) is 14.3. The number of para-hydroxylation sites is 1. The van der Waals surface area contributed by atoms with Gasteiger partial charge in [0, 0.05) is 18.8 Å². The molecule has 5 heteroatoms. The van der Waals surface area contributed by atoms with Crippen molar-refractivity contribution >= 4 is 23.4 Å². The fraction of sp³-hybridized carbons (Fsp3) is 0.200. The molecule has 1 amide bonds. The van der Waals surface area contributed by atoms with Crippen LogP contribution in [0.4, 0.5) is 15.8 Å². The summed E-state index contributed by atoms with van der Waals surface area (Å²) >= 11 is 0. The SMILES string of the molecule is CCN(CC)c1ccc(/C=C(\C#N)C(=O)Nc2ccccc2F)cc1. The van der Waals surface area contributed by atoms with Gasteiger partial charge >= 0.3 is 0 Å². The predicted octanol–water partition coefficient (Wildman–Crippen LogP) is 4.22. The van der Waals surface area contributed by atoms with Crippen molar-refractivity contribution in [2.45, 2.75) is 13.8 Å². The number of amides is 1. The molecule has 0 aliphatic carbocycles. The van der Waals surface area contributed by atoms with Crippen molar-refractivity contribution in [2.75, 3.05) is 23.3 Å². The molecule has 2 rings (SSSR count). The minimum Gasteiger partial charge on any atom is -0.372 e. The second-order valence-corrected chi connectivity index (χ2v) is 5.37. The number of hydrogen-bond donors (Lipinski definition) is 1. The number of nitrogens with zero attached hydrogens (tertiary/aromatic N) is 2. The molecular weight excluding hydrogens is 317 g/mol. The van der Waals surface area contributed by atoms with E-state index in [0.29, 0.717) is 0 Å². The Bertz CT molecular complexity index is 802. The third-order valence-electron chi connectivity index (χ3n) is 3.82. The topological polar surface area (TPSA) is 56.1 Å². The maximum absolute atomic E-state index is 13.6. The Morgan fingerprint density at radius 3 is 2.36 bits per heavy atom. The van der Waals surface area contributed by atoms with E-state index >= 15 is 0 Å². The number of nitrogens with one attached hydrogen (secondary N) is 1. The van der Waals surface area contributed by atoms with Crippen LogP contribution in [-0.2, 0) is 4.79 Å². The molecule has 0 unspecified atom stereocenters. The molecule has 0 saturated carbocycles. The third-order valence-corrected chi connectivity index (χ3v) is 3.82. The largest absolute Gasteiger partial charge is 0.372 e. The van der Waals surface area contributed by atoms with E-state index in [1.807, 2.05) is 30.3 Å². The number of carbonyl (C=O) groups excluding carboxylic acids is 1. The van der Waals surface area contributed by atoms with Crippen molar-refractivity contribution in [2.24, 2.45) is 0 Å². The second kappa shape index (κ2) is 8.65. The highest BCUT2D eigenvalue weighted by Crippen LogP contribution is 2.18. The molecule has 1 N–H and O–H groups in total. The summed E-state index contributed by atoms with van der Waals surface area (Å²) in [6, 6.07) is 15.3. The molecule has 0 bridgehead atoms. The average molecular weight is 337 g/mol. The van der Waals surface area contributed by atoms with Gasteiger partial charge in [0.2, 0.25) is 0 Å². The molecule has 0 aromatic heterocycles. The van der Waals surface area contributed by atoms with Gasteiger partial charge in [-0.25, -0.2) is 4.39 Å². The van der Waals surface area contributed by atoms with Gasteiger partial charge < -0.3 is 10.2 Å². The Kier molecular flexibility index (Phi) is 6.30. The summed E-state index contributed by atoms with van der Waals surface area (Å²) in [5.74, 6) is -1.18. The fourth-order valence-electron chi connectivity index (χ4n) is 2.44. The highest BCUT2D eigenvalue weighted by Gasteiger charge is 2.12. The quantitative estimate of drug-likeness (QED) is 0.634. The van der Waals surface area contributed by atoms with Crippen LogP contribution in [0.2, 0.25) is 0 Å². The Morgan fingerprint density at radius 2 is 1.80 bits per heavy atom. The first-order valence-corrected chi connectivity index (χ1v) is 8.11. The minimum absolute atomic E-state index is 0.0468. The highest BCUT2D eigenvalue weighted by molar-refractivity contribution is 6.09. The van der Waals surface area contributed by atoms with Gasteiger partial charge in [-0.2, -0.15) is 5.26 Å². The zero-order valence-electron chi connectivity index (χ0n) is 14.3. The molecule has 0 atom stereocenters.